The number of thiophene rings is 1. The highest BCUT2D eigenvalue weighted by Crippen LogP contribution is 2.44. The zero-order valence-corrected chi connectivity index (χ0v) is 21.7. The van der Waals surface area contributed by atoms with E-state index < -0.39 is 0 Å². The topological polar surface area (TPSA) is 57.3 Å². The van der Waals surface area contributed by atoms with Crippen LogP contribution in [0.15, 0.2) is 30.5 Å². The number of urea groups is 1. The first-order valence-electron chi connectivity index (χ1n) is 12.0. The van der Waals surface area contributed by atoms with Gasteiger partial charge in [0.1, 0.15) is 0 Å². The molecule has 2 N–H and O–H groups in total. The summed E-state index contributed by atoms with van der Waals surface area (Å²) in [7, 11) is 0. The third-order valence-electron chi connectivity index (χ3n) is 7.55. The molecule has 0 aliphatic carbocycles. The van der Waals surface area contributed by atoms with Crippen LogP contribution in [0.3, 0.4) is 0 Å². The number of hydrogen-bond donors (Lipinski definition) is 2. The highest BCUT2D eigenvalue weighted by molar-refractivity contribution is 7.10. The van der Waals surface area contributed by atoms with Crippen molar-refractivity contribution in [1.29, 1.82) is 0 Å². The Morgan fingerprint density at radius 2 is 2.03 bits per heavy atom. The number of nitrogens with one attached hydrogen (secondary N) is 2. The van der Waals surface area contributed by atoms with E-state index in [1.165, 1.54) is 16.9 Å². The van der Waals surface area contributed by atoms with Crippen LogP contribution in [0.1, 0.15) is 70.0 Å². The maximum Gasteiger partial charge on any atom is 0.315 e. The highest BCUT2D eigenvalue weighted by atomic mass is 32.1. The lowest BCUT2D eigenvalue weighted by molar-refractivity contribution is 0.113. The SMILES string of the molecule is CCC(C)NC(=O)N[C@@H](C)C1(CCc2ccc(F)s2)CCN(C(C)(C)c2ccc(C)nc2)C1. The Bertz CT molecular complexity index is 929. The molecule has 3 rings (SSSR count). The summed E-state index contributed by atoms with van der Waals surface area (Å²) in [5.41, 5.74) is 1.94. The molecule has 0 bridgehead atoms. The number of aromatic nitrogens is 1. The van der Waals surface area contributed by atoms with Crippen molar-refractivity contribution in [3.05, 3.63) is 51.7 Å². The Labute approximate surface area is 202 Å². The Morgan fingerprint density at radius 3 is 2.64 bits per heavy atom. The number of amides is 2. The van der Waals surface area contributed by atoms with E-state index in [9.17, 15) is 9.18 Å². The summed E-state index contributed by atoms with van der Waals surface area (Å²) in [5.74, 6) is 0. The van der Waals surface area contributed by atoms with Crippen LogP contribution in [0.2, 0.25) is 0 Å². The van der Waals surface area contributed by atoms with Crippen molar-refractivity contribution in [2.75, 3.05) is 13.1 Å². The molecule has 1 aliphatic rings. The van der Waals surface area contributed by atoms with E-state index >= 15 is 0 Å². The molecule has 0 spiro atoms. The van der Waals surface area contributed by atoms with Crippen molar-refractivity contribution in [2.24, 2.45) is 5.41 Å². The number of nitrogens with zero attached hydrogens (tertiary/aromatic N) is 2. The maximum absolute atomic E-state index is 13.6. The molecule has 0 saturated carbocycles. The normalized spacial score (nSPS) is 21.1. The minimum absolute atomic E-state index is 0.0108. The van der Waals surface area contributed by atoms with Crippen molar-refractivity contribution >= 4 is 17.4 Å². The van der Waals surface area contributed by atoms with Crippen LogP contribution in [-0.2, 0) is 12.0 Å². The van der Waals surface area contributed by atoms with Gasteiger partial charge in [-0.3, -0.25) is 9.88 Å². The molecule has 33 heavy (non-hydrogen) atoms. The number of pyridine rings is 1. The first kappa shape index (κ1) is 25.6. The third kappa shape index (κ3) is 6.12. The summed E-state index contributed by atoms with van der Waals surface area (Å²) >= 11 is 1.22. The lowest BCUT2D eigenvalue weighted by atomic mass is 9.75. The Morgan fingerprint density at radius 1 is 1.27 bits per heavy atom. The molecular weight excluding hydrogens is 435 g/mol. The fraction of sp³-hybridized carbons (Fsp3) is 0.615. The Kier molecular flexibility index (Phi) is 8.17. The van der Waals surface area contributed by atoms with Crippen LogP contribution in [0.4, 0.5) is 9.18 Å². The van der Waals surface area contributed by atoms with Gasteiger partial charge in [0, 0.05) is 46.4 Å². The molecule has 5 nitrogen and oxygen atoms in total. The second kappa shape index (κ2) is 10.5. The lowest BCUT2D eigenvalue weighted by Gasteiger charge is -2.40. The van der Waals surface area contributed by atoms with Gasteiger partial charge >= 0.3 is 6.03 Å². The van der Waals surface area contributed by atoms with Crippen LogP contribution in [0, 0.1) is 17.5 Å². The van der Waals surface area contributed by atoms with E-state index in [1.54, 1.807) is 6.07 Å². The number of likely N-dealkylation sites (tertiary alicyclic amines) is 1. The molecule has 2 unspecified atom stereocenters. The number of rotatable bonds is 9. The summed E-state index contributed by atoms with van der Waals surface area (Å²) in [6.07, 6.45) is 5.56. The van der Waals surface area contributed by atoms with E-state index in [0.717, 1.165) is 49.3 Å². The second-order valence-corrected chi connectivity index (χ2v) is 11.3. The molecule has 3 heterocycles. The summed E-state index contributed by atoms with van der Waals surface area (Å²) in [4.78, 5) is 20.7. The van der Waals surface area contributed by atoms with E-state index in [2.05, 4.69) is 60.3 Å². The first-order valence-corrected chi connectivity index (χ1v) is 12.9. The predicted octanol–water partition coefficient (Wildman–Crippen LogP) is 5.64. The number of carbonyl (C=O) groups is 1. The second-order valence-electron chi connectivity index (χ2n) is 10.1. The minimum atomic E-state index is -0.170. The van der Waals surface area contributed by atoms with Crippen LogP contribution in [0.25, 0.3) is 0 Å². The van der Waals surface area contributed by atoms with Gasteiger partial charge in [0.15, 0.2) is 5.13 Å². The van der Waals surface area contributed by atoms with Gasteiger partial charge in [-0.1, -0.05) is 13.0 Å². The monoisotopic (exact) mass is 474 g/mol. The summed E-state index contributed by atoms with van der Waals surface area (Å²) < 4.78 is 13.6. The van der Waals surface area contributed by atoms with Crippen LogP contribution in [-0.4, -0.2) is 41.1 Å². The molecule has 182 valence electrons. The molecule has 0 radical (unpaired) electrons. The smallest absolute Gasteiger partial charge is 0.315 e. The van der Waals surface area contributed by atoms with Crippen molar-refractivity contribution in [2.45, 2.75) is 84.8 Å². The zero-order valence-electron chi connectivity index (χ0n) is 20.9. The van der Waals surface area contributed by atoms with Crippen molar-refractivity contribution in [1.82, 2.24) is 20.5 Å². The van der Waals surface area contributed by atoms with Gasteiger partial charge in [-0.15, -0.1) is 11.3 Å². The largest absolute Gasteiger partial charge is 0.336 e. The molecule has 1 aliphatic heterocycles. The lowest BCUT2D eigenvalue weighted by Crippen LogP contribution is -2.53. The minimum Gasteiger partial charge on any atom is -0.336 e. The predicted molar refractivity (Wildman–Crippen MR) is 134 cm³/mol. The molecule has 1 saturated heterocycles. The molecule has 0 aromatic carbocycles. The van der Waals surface area contributed by atoms with E-state index in [4.69, 9.17) is 0 Å². The number of halogens is 1. The molecule has 2 aromatic heterocycles. The van der Waals surface area contributed by atoms with Crippen molar-refractivity contribution in [3.63, 3.8) is 0 Å². The Hall–Kier alpha value is -1.99. The quantitative estimate of drug-likeness (QED) is 0.495. The third-order valence-corrected chi connectivity index (χ3v) is 8.48. The van der Waals surface area contributed by atoms with Crippen molar-refractivity contribution < 1.29 is 9.18 Å². The summed E-state index contributed by atoms with van der Waals surface area (Å²) in [6, 6.07) is 7.67. The van der Waals surface area contributed by atoms with Gasteiger partial charge in [-0.05, 0) is 90.6 Å². The first-order chi connectivity index (χ1) is 15.6. The highest BCUT2D eigenvalue weighted by Gasteiger charge is 2.47. The number of carbonyl (C=O) groups excluding carboxylic acids is 1. The van der Waals surface area contributed by atoms with Gasteiger partial charge in [0.05, 0.1) is 0 Å². The van der Waals surface area contributed by atoms with Crippen LogP contribution in [0.5, 0.6) is 0 Å². The van der Waals surface area contributed by atoms with Crippen molar-refractivity contribution in [3.8, 4) is 0 Å². The molecule has 2 aromatic rings. The summed E-state index contributed by atoms with van der Waals surface area (Å²) in [6.45, 7) is 14.5. The number of aryl methyl sites for hydroxylation is 2. The zero-order chi connectivity index (χ0) is 24.2. The van der Waals surface area contributed by atoms with Gasteiger partial charge in [-0.2, -0.15) is 4.39 Å². The molecule has 7 heteroatoms. The standard InChI is InChI=1S/C26H39FN4OS/c1-7-18(2)29-24(32)30-20(4)26(13-12-22-10-11-23(27)33-22)14-15-31(17-26)25(5,6)21-9-8-19(3)28-16-21/h8-11,16,18,20H,7,12-15,17H2,1-6H3,(H2,29,30,32)/t18?,20-,26?/m0/s1. The van der Waals surface area contributed by atoms with Crippen LogP contribution < -0.4 is 10.6 Å². The Balaban J connectivity index is 1.79. The molecular formula is C26H39FN4OS. The van der Waals surface area contributed by atoms with E-state index in [0.29, 0.717) is 0 Å². The van der Waals surface area contributed by atoms with Gasteiger partial charge < -0.3 is 10.6 Å². The maximum atomic E-state index is 13.6. The molecule has 3 atom stereocenters. The molecule has 1 fully saturated rings. The average Bonchev–Trinajstić information content (AvgIpc) is 3.40. The van der Waals surface area contributed by atoms with Gasteiger partial charge in [0.25, 0.3) is 0 Å². The fourth-order valence-corrected chi connectivity index (χ4v) is 5.46. The van der Waals surface area contributed by atoms with Gasteiger partial charge in [-0.25, -0.2) is 4.79 Å². The van der Waals surface area contributed by atoms with Gasteiger partial charge in [0.2, 0.25) is 0 Å². The fourth-order valence-electron chi connectivity index (χ4n) is 4.73. The average molecular weight is 475 g/mol. The van der Waals surface area contributed by atoms with Crippen LogP contribution >= 0.6 is 11.3 Å². The van der Waals surface area contributed by atoms with E-state index in [-0.39, 0.29) is 34.2 Å². The molecule has 2 amide bonds. The number of hydrogen-bond acceptors (Lipinski definition) is 4. The summed E-state index contributed by atoms with van der Waals surface area (Å²) in [5, 5.41) is 6.12. The van der Waals surface area contributed by atoms with E-state index in [1.807, 2.05) is 26.1 Å².